The van der Waals surface area contributed by atoms with Gasteiger partial charge in [0.05, 0.1) is 19.1 Å². The molecule has 0 radical (unpaired) electrons. The molecule has 0 aromatic carbocycles. The molecule has 3 heteroatoms. The number of ether oxygens (including phenoxy) is 1. The second-order valence-corrected chi connectivity index (χ2v) is 2.34. The minimum Gasteiger partial charge on any atom is -0.499 e. The lowest BCUT2D eigenvalue weighted by Crippen LogP contribution is -2.13. The zero-order chi connectivity index (χ0) is 9.40. The smallest absolute Gasteiger partial charge is 0.114 e. The van der Waals surface area contributed by atoms with Crippen molar-refractivity contribution in [1.82, 2.24) is 5.32 Å². The minimum absolute atomic E-state index is 0.907. The first-order chi connectivity index (χ1) is 5.79. The monoisotopic (exact) mass is 170 g/mol. The Kier molecular flexibility index (Phi) is 6.15. The van der Waals surface area contributed by atoms with E-state index in [1.54, 1.807) is 20.5 Å². The van der Waals surface area contributed by atoms with Crippen LogP contribution in [0, 0.1) is 0 Å². The van der Waals surface area contributed by atoms with Gasteiger partial charge >= 0.3 is 0 Å². The summed E-state index contributed by atoms with van der Waals surface area (Å²) in [6.45, 7) is 4.15. The maximum Gasteiger partial charge on any atom is 0.114 e. The molecule has 0 aliphatic carbocycles. The molecule has 0 saturated carbocycles. The molecule has 70 valence electrons. The summed E-state index contributed by atoms with van der Waals surface area (Å²) in [6, 6.07) is 0. The molecule has 1 N–H and O–H groups in total. The fraction of sp³-hybridized carbons (Fsp3) is 0.667. The van der Waals surface area contributed by atoms with E-state index in [9.17, 15) is 0 Å². The quantitative estimate of drug-likeness (QED) is 0.388. The normalized spacial score (nSPS) is 13.0. The number of nitrogens with zero attached hydrogens (tertiary/aromatic N) is 1. The number of methoxy groups -OCH3 is 1. The molecule has 0 unspecified atom stereocenters. The zero-order valence-corrected chi connectivity index (χ0v) is 8.35. The predicted octanol–water partition coefficient (Wildman–Crippen LogP) is 1.91. The van der Waals surface area contributed by atoms with Gasteiger partial charge in [-0.05, 0) is 6.42 Å². The Morgan fingerprint density at radius 3 is 2.42 bits per heavy atom. The highest BCUT2D eigenvalue weighted by Crippen LogP contribution is 2.09. The Morgan fingerprint density at radius 1 is 1.42 bits per heavy atom. The second-order valence-electron chi connectivity index (χ2n) is 2.34. The highest BCUT2D eigenvalue weighted by molar-refractivity contribution is 5.57. The van der Waals surface area contributed by atoms with E-state index >= 15 is 0 Å². The van der Waals surface area contributed by atoms with Gasteiger partial charge < -0.3 is 10.1 Å². The van der Waals surface area contributed by atoms with E-state index in [0.717, 1.165) is 24.3 Å². The SMILES string of the molecule is CC/C(NC=NC)=C(\CC)OC. The number of hydrogen-bond acceptors (Lipinski definition) is 2. The van der Waals surface area contributed by atoms with Crippen LogP contribution in [0.15, 0.2) is 16.4 Å². The zero-order valence-electron chi connectivity index (χ0n) is 8.35. The average molecular weight is 170 g/mol. The Balaban J connectivity index is 4.34. The van der Waals surface area contributed by atoms with Gasteiger partial charge in [0.2, 0.25) is 0 Å². The van der Waals surface area contributed by atoms with Crippen LogP contribution in [0.3, 0.4) is 0 Å². The standard InChI is InChI=1S/C9H18N2O/c1-5-8(11-7-10-3)9(6-2)12-4/h7H,5-6H2,1-4H3,(H,10,11)/b9-8-. The van der Waals surface area contributed by atoms with E-state index in [1.165, 1.54) is 0 Å². The largest absolute Gasteiger partial charge is 0.499 e. The first kappa shape index (κ1) is 11.0. The maximum atomic E-state index is 5.21. The van der Waals surface area contributed by atoms with Crippen molar-refractivity contribution in [2.75, 3.05) is 14.2 Å². The van der Waals surface area contributed by atoms with E-state index in [2.05, 4.69) is 24.2 Å². The summed E-state index contributed by atoms with van der Waals surface area (Å²) >= 11 is 0. The Labute approximate surface area is 74.5 Å². The fourth-order valence-electron chi connectivity index (χ4n) is 1.00. The molecule has 0 saturated heterocycles. The van der Waals surface area contributed by atoms with Crippen LogP contribution in [0.4, 0.5) is 0 Å². The van der Waals surface area contributed by atoms with Crippen LogP contribution >= 0.6 is 0 Å². The molecule has 3 nitrogen and oxygen atoms in total. The van der Waals surface area contributed by atoms with Gasteiger partial charge in [0.15, 0.2) is 0 Å². The van der Waals surface area contributed by atoms with Gasteiger partial charge in [-0.2, -0.15) is 0 Å². The maximum absolute atomic E-state index is 5.21. The first-order valence-electron chi connectivity index (χ1n) is 4.23. The van der Waals surface area contributed by atoms with Crippen LogP contribution in [-0.2, 0) is 4.74 Å². The van der Waals surface area contributed by atoms with E-state index in [4.69, 9.17) is 4.74 Å². The minimum atomic E-state index is 0.907. The molecule has 0 atom stereocenters. The van der Waals surface area contributed by atoms with Crippen molar-refractivity contribution < 1.29 is 4.74 Å². The molecule has 0 aromatic heterocycles. The molecule has 0 aliphatic rings. The molecule has 0 amide bonds. The van der Waals surface area contributed by atoms with Crippen LogP contribution in [-0.4, -0.2) is 20.5 Å². The van der Waals surface area contributed by atoms with Crippen molar-refractivity contribution in [3.8, 4) is 0 Å². The van der Waals surface area contributed by atoms with E-state index < -0.39 is 0 Å². The average Bonchev–Trinajstić information content (AvgIpc) is 2.12. The van der Waals surface area contributed by atoms with Gasteiger partial charge in [-0.1, -0.05) is 13.8 Å². The number of aliphatic imine (C=N–C) groups is 1. The Bertz CT molecular complexity index is 167. The van der Waals surface area contributed by atoms with Crippen molar-refractivity contribution >= 4 is 6.34 Å². The first-order valence-corrected chi connectivity index (χ1v) is 4.23. The van der Waals surface area contributed by atoms with Gasteiger partial charge in [-0.25, -0.2) is 0 Å². The Hall–Kier alpha value is -0.990. The molecular formula is C9H18N2O. The van der Waals surface area contributed by atoms with Crippen LogP contribution in [0.2, 0.25) is 0 Å². The fourth-order valence-corrected chi connectivity index (χ4v) is 1.00. The molecule has 0 bridgehead atoms. The summed E-state index contributed by atoms with van der Waals surface area (Å²) in [4.78, 5) is 3.85. The molecule has 0 fully saturated rings. The van der Waals surface area contributed by atoms with Crippen molar-refractivity contribution in [1.29, 1.82) is 0 Å². The van der Waals surface area contributed by atoms with Crippen molar-refractivity contribution in [2.45, 2.75) is 26.7 Å². The van der Waals surface area contributed by atoms with Crippen LogP contribution < -0.4 is 5.32 Å². The van der Waals surface area contributed by atoms with E-state index in [-0.39, 0.29) is 0 Å². The van der Waals surface area contributed by atoms with Gasteiger partial charge in [0, 0.05) is 13.5 Å². The van der Waals surface area contributed by atoms with Crippen LogP contribution in [0.5, 0.6) is 0 Å². The number of hydrogen-bond donors (Lipinski definition) is 1. The van der Waals surface area contributed by atoms with Crippen molar-refractivity contribution in [3.05, 3.63) is 11.5 Å². The number of nitrogens with one attached hydrogen (secondary N) is 1. The molecule has 0 heterocycles. The lowest BCUT2D eigenvalue weighted by Gasteiger charge is -2.10. The van der Waals surface area contributed by atoms with Crippen molar-refractivity contribution in [2.24, 2.45) is 4.99 Å². The third-order valence-corrected chi connectivity index (χ3v) is 1.63. The lowest BCUT2D eigenvalue weighted by molar-refractivity contribution is 0.273. The third kappa shape index (κ3) is 3.42. The second kappa shape index (κ2) is 6.70. The topological polar surface area (TPSA) is 33.6 Å². The van der Waals surface area contributed by atoms with E-state index in [1.807, 2.05) is 0 Å². The molecule has 0 spiro atoms. The number of rotatable bonds is 5. The van der Waals surface area contributed by atoms with Gasteiger partial charge in [-0.15, -0.1) is 0 Å². The third-order valence-electron chi connectivity index (χ3n) is 1.63. The molecule has 0 aliphatic heterocycles. The van der Waals surface area contributed by atoms with Crippen LogP contribution in [0.25, 0.3) is 0 Å². The highest BCUT2D eigenvalue weighted by atomic mass is 16.5. The van der Waals surface area contributed by atoms with Gasteiger partial charge in [0.25, 0.3) is 0 Å². The number of allylic oxidation sites excluding steroid dienone is 2. The highest BCUT2D eigenvalue weighted by Gasteiger charge is 2.00. The van der Waals surface area contributed by atoms with E-state index in [0.29, 0.717) is 0 Å². The molecule has 0 rings (SSSR count). The van der Waals surface area contributed by atoms with Crippen LogP contribution in [0.1, 0.15) is 26.7 Å². The molecular weight excluding hydrogens is 152 g/mol. The summed E-state index contributed by atoms with van der Waals surface area (Å²) in [7, 11) is 3.43. The summed E-state index contributed by atoms with van der Waals surface area (Å²) in [6.07, 6.45) is 3.51. The summed E-state index contributed by atoms with van der Waals surface area (Å²) in [5.41, 5.74) is 1.10. The van der Waals surface area contributed by atoms with Gasteiger partial charge in [0.1, 0.15) is 5.76 Å². The Morgan fingerprint density at radius 2 is 2.08 bits per heavy atom. The van der Waals surface area contributed by atoms with Crippen molar-refractivity contribution in [3.63, 3.8) is 0 Å². The molecule has 12 heavy (non-hydrogen) atoms. The lowest BCUT2D eigenvalue weighted by atomic mass is 10.2. The summed E-state index contributed by atoms with van der Waals surface area (Å²) in [5.74, 6) is 0.998. The summed E-state index contributed by atoms with van der Waals surface area (Å²) < 4.78 is 5.21. The van der Waals surface area contributed by atoms with Gasteiger partial charge in [-0.3, -0.25) is 4.99 Å². The summed E-state index contributed by atoms with van der Waals surface area (Å²) in [5, 5.41) is 3.08. The predicted molar refractivity (Wildman–Crippen MR) is 52.2 cm³/mol. The molecule has 0 aromatic rings.